The van der Waals surface area contributed by atoms with Crippen LogP contribution in [-0.2, 0) is 19.5 Å². The first-order valence-electron chi connectivity index (χ1n) is 9.91. The molecule has 0 atom stereocenters. The van der Waals surface area contributed by atoms with E-state index < -0.39 is 0 Å². The monoisotopic (exact) mass is 406 g/mol. The van der Waals surface area contributed by atoms with E-state index in [4.69, 9.17) is 20.2 Å². The lowest BCUT2D eigenvalue weighted by Gasteiger charge is -2.28. The molecule has 7 nitrogen and oxygen atoms in total. The summed E-state index contributed by atoms with van der Waals surface area (Å²) >= 11 is 0. The molecule has 0 spiro atoms. The summed E-state index contributed by atoms with van der Waals surface area (Å²) in [6, 6.07) is 11.3. The summed E-state index contributed by atoms with van der Waals surface area (Å²) in [6.07, 6.45) is 0.664. The Morgan fingerprint density at radius 1 is 1.13 bits per heavy atom. The number of ether oxygens (including phenoxy) is 2. The summed E-state index contributed by atoms with van der Waals surface area (Å²) in [5.74, 6) is 2.21. The van der Waals surface area contributed by atoms with Crippen LogP contribution in [0.15, 0.2) is 41.2 Å². The van der Waals surface area contributed by atoms with Gasteiger partial charge in [0.05, 0.1) is 19.9 Å². The van der Waals surface area contributed by atoms with Gasteiger partial charge in [-0.3, -0.25) is 9.69 Å². The number of nitrogen functional groups attached to an aromatic ring is 1. The second kappa shape index (κ2) is 8.20. The first-order chi connectivity index (χ1) is 14.5. The van der Waals surface area contributed by atoms with Crippen molar-refractivity contribution in [3.63, 3.8) is 0 Å². The van der Waals surface area contributed by atoms with Gasteiger partial charge in [-0.15, -0.1) is 0 Å². The fourth-order valence-corrected chi connectivity index (χ4v) is 4.01. The number of aromatic nitrogens is 2. The number of nitrogens with zero attached hydrogens (tertiary/aromatic N) is 2. The minimum Gasteiger partial charge on any atom is -0.496 e. The summed E-state index contributed by atoms with van der Waals surface area (Å²) in [4.78, 5) is 22.6. The van der Waals surface area contributed by atoms with Crippen LogP contribution in [0.3, 0.4) is 0 Å². The predicted molar refractivity (Wildman–Crippen MR) is 117 cm³/mol. The minimum absolute atomic E-state index is 0.0654. The molecule has 0 saturated carbocycles. The molecule has 4 rings (SSSR count). The third-order valence-corrected chi connectivity index (χ3v) is 5.59. The van der Waals surface area contributed by atoms with Crippen molar-refractivity contribution < 1.29 is 9.47 Å². The van der Waals surface area contributed by atoms with Crippen molar-refractivity contribution in [2.24, 2.45) is 0 Å². The molecule has 7 heteroatoms. The number of fused-ring (bicyclic) bond motifs is 1. The third kappa shape index (κ3) is 3.76. The van der Waals surface area contributed by atoms with Crippen LogP contribution >= 0.6 is 0 Å². The molecule has 3 N–H and O–H groups in total. The van der Waals surface area contributed by atoms with E-state index in [1.165, 1.54) is 0 Å². The molecule has 156 valence electrons. The molecule has 0 amide bonds. The minimum atomic E-state index is -0.0654. The third-order valence-electron chi connectivity index (χ3n) is 5.59. The van der Waals surface area contributed by atoms with Crippen molar-refractivity contribution in [1.29, 1.82) is 0 Å². The number of rotatable bonds is 5. The Bertz CT molecular complexity index is 1120. The summed E-state index contributed by atoms with van der Waals surface area (Å²) in [5, 5.41) is 0. The molecule has 0 unspecified atom stereocenters. The first kappa shape index (κ1) is 20.0. The normalized spacial score (nSPS) is 13.7. The van der Waals surface area contributed by atoms with Gasteiger partial charge in [-0.05, 0) is 43.7 Å². The van der Waals surface area contributed by atoms with Crippen molar-refractivity contribution in [2.75, 3.05) is 26.5 Å². The van der Waals surface area contributed by atoms with E-state index in [0.717, 1.165) is 46.0 Å². The molecule has 0 bridgehead atoms. The zero-order valence-corrected chi connectivity index (χ0v) is 17.5. The van der Waals surface area contributed by atoms with Crippen molar-refractivity contribution in [2.45, 2.75) is 26.4 Å². The van der Waals surface area contributed by atoms with E-state index in [1.807, 2.05) is 31.2 Å². The Balaban J connectivity index is 1.61. The number of nitrogens with two attached hydrogens (primary N) is 1. The molecular formula is C23H26N4O3. The fourth-order valence-electron chi connectivity index (χ4n) is 4.01. The van der Waals surface area contributed by atoms with E-state index in [9.17, 15) is 4.79 Å². The van der Waals surface area contributed by atoms with Crippen molar-refractivity contribution >= 4 is 5.69 Å². The zero-order chi connectivity index (χ0) is 21.3. The summed E-state index contributed by atoms with van der Waals surface area (Å²) < 4.78 is 11.1. The summed E-state index contributed by atoms with van der Waals surface area (Å²) in [5.41, 5.74) is 10.9. The molecule has 0 saturated heterocycles. The molecule has 0 aliphatic carbocycles. The van der Waals surface area contributed by atoms with E-state index in [0.29, 0.717) is 31.0 Å². The van der Waals surface area contributed by atoms with Gasteiger partial charge in [0, 0.05) is 47.6 Å². The van der Waals surface area contributed by atoms with Crippen LogP contribution in [0.1, 0.15) is 22.4 Å². The number of benzene rings is 2. The predicted octanol–water partition coefficient (Wildman–Crippen LogP) is 2.90. The number of nitrogens with one attached hydrogen (secondary N) is 1. The van der Waals surface area contributed by atoms with Crippen molar-refractivity contribution in [1.82, 2.24) is 14.9 Å². The van der Waals surface area contributed by atoms with Gasteiger partial charge in [0.2, 0.25) is 0 Å². The standard InChI is InChI=1S/C23H26N4O3/c1-14-20(29-2)9-6-16(21(14)30-3)12-27-11-10-18-19(13-27)25-22(26-23(18)28)15-4-7-17(24)8-5-15/h4-9H,10-13,24H2,1-3H3,(H,25,26,28). The number of hydrogen-bond donors (Lipinski definition) is 2. The highest BCUT2D eigenvalue weighted by atomic mass is 16.5. The van der Waals surface area contributed by atoms with Gasteiger partial charge < -0.3 is 20.2 Å². The average molecular weight is 406 g/mol. The Morgan fingerprint density at radius 2 is 1.90 bits per heavy atom. The maximum Gasteiger partial charge on any atom is 0.254 e. The SMILES string of the molecule is COc1ccc(CN2CCc3c(nc(-c4ccc(N)cc4)[nH]c3=O)C2)c(OC)c1C. The lowest BCUT2D eigenvalue weighted by atomic mass is 10.0. The molecule has 2 heterocycles. The van der Waals surface area contributed by atoms with Gasteiger partial charge in [0.25, 0.3) is 5.56 Å². The second-order valence-electron chi connectivity index (χ2n) is 7.51. The number of anilines is 1. The maximum atomic E-state index is 12.6. The van der Waals surface area contributed by atoms with Crippen LogP contribution in [0.2, 0.25) is 0 Å². The van der Waals surface area contributed by atoms with E-state index in [2.05, 4.69) is 9.88 Å². The highest BCUT2D eigenvalue weighted by molar-refractivity contribution is 5.59. The van der Waals surface area contributed by atoms with Gasteiger partial charge in [0.15, 0.2) is 0 Å². The van der Waals surface area contributed by atoms with Gasteiger partial charge in [0.1, 0.15) is 17.3 Å². The topological polar surface area (TPSA) is 93.5 Å². The molecule has 2 aromatic carbocycles. The zero-order valence-electron chi connectivity index (χ0n) is 17.5. The molecule has 30 heavy (non-hydrogen) atoms. The molecule has 0 fully saturated rings. The van der Waals surface area contributed by atoms with Crippen LogP contribution < -0.4 is 20.8 Å². The van der Waals surface area contributed by atoms with Gasteiger partial charge in [-0.1, -0.05) is 6.07 Å². The highest BCUT2D eigenvalue weighted by Gasteiger charge is 2.23. The van der Waals surface area contributed by atoms with Gasteiger partial charge >= 0.3 is 0 Å². The largest absolute Gasteiger partial charge is 0.496 e. The Morgan fingerprint density at radius 3 is 2.60 bits per heavy atom. The number of hydrogen-bond acceptors (Lipinski definition) is 6. The van der Waals surface area contributed by atoms with Crippen molar-refractivity contribution in [3.8, 4) is 22.9 Å². The molecular weight excluding hydrogens is 380 g/mol. The quantitative estimate of drug-likeness (QED) is 0.633. The van der Waals surface area contributed by atoms with E-state index in [-0.39, 0.29) is 5.56 Å². The number of aromatic amines is 1. The highest BCUT2D eigenvalue weighted by Crippen LogP contribution is 2.32. The van der Waals surface area contributed by atoms with E-state index >= 15 is 0 Å². The van der Waals surface area contributed by atoms with Crippen LogP contribution in [0.5, 0.6) is 11.5 Å². The molecule has 0 radical (unpaired) electrons. The van der Waals surface area contributed by atoms with Gasteiger partial charge in [-0.25, -0.2) is 4.98 Å². The van der Waals surface area contributed by atoms with Gasteiger partial charge in [-0.2, -0.15) is 0 Å². The summed E-state index contributed by atoms with van der Waals surface area (Å²) in [6.45, 7) is 4.09. The lowest BCUT2D eigenvalue weighted by Crippen LogP contribution is -2.35. The number of methoxy groups -OCH3 is 2. The van der Waals surface area contributed by atoms with Crippen LogP contribution in [-0.4, -0.2) is 35.6 Å². The van der Waals surface area contributed by atoms with E-state index in [1.54, 1.807) is 26.4 Å². The maximum absolute atomic E-state index is 12.6. The smallest absolute Gasteiger partial charge is 0.254 e. The fraction of sp³-hybridized carbons (Fsp3) is 0.304. The van der Waals surface area contributed by atoms with Crippen molar-refractivity contribution in [3.05, 3.63) is 69.1 Å². The second-order valence-corrected chi connectivity index (χ2v) is 7.51. The molecule has 1 aliphatic rings. The first-order valence-corrected chi connectivity index (χ1v) is 9.91. The Labute approximate surface area is 175 Å². The lowest BCUT2D eigenvalue weighted by molar-refractivity contribution is 0.236. The Hall–Kier alpha value is -3.32. The summed E-state index contributed by atoms with van der Waals surface area (Å²) in [7, 11) is 3.33. The van der Waals surface area contributed by atoms with Crippen LogP contribution in [0, 0.1) is 6.92 Å². The van der Waals surface area contributed by atoms with Crippen LogP contribution in [0.25, 0.3) is 11.4 Å². The number of H-pyrrole nitrogens is 1. The van der Waals surface area contributed by atoms with Crippen LogP contribution in [0.4, 0.5) is 5.69 Å². The Kier molecular flexibility index (Phi) is 5.46. The molecule has 3 aromatic rings. The molecule has 1 aromatic heterocycles. The molecule has 1 aliphatic heterocycles. The average Bonchev–Trinajstić information content (AvgIpc) is 2.74.